The number of Topliss-reactive ketones (excluding diaryl/α,β-unsaturated/α-hetero) is 1. The number of aliphatic carboxylic acids is 2. The number of hydrogen-bond acceptors (Lipinski definition) is 5. The topological polar surface area (TPSA) is 126 Å². The lowest BCUT2D eigenvalue weighted by atomic mass is 10.1. The molecule has 1 heterocycles. The number of carboxylic acid groups (broad SMARTS) is 2. The van der Waals surface area contributed by atoms with E-state index in [0.29, 0.717) is 10.4 Å². The summed E-state index contributed by atoms with van der Waals surface area (Å²) in [6, 6.07) is 7.44. The Labute approximate surface area is 146 Å². The Kier molecular flexibility index (Phi) is 7.42. The first-order valence-corrected chi connectivity index (χ1v) is 7.84. The van der Waals surface area contributed by atoms with Crippen molar-refractivity contribution in [2.75, 3.05) is 0 Å². The van der Waals surface area contributed by atoms with E-state index in [-0.39, 0.29) is 18.2 Å². The van der Waals surface area contributed by atoms with Gasteiger partial charge < -0.3 is 14.8 Å². The van der Waals surface area contributed by atoms with Crippen LogP contribution in [0, 0.1) is 6.92 Å². The first-order chi connectivity index (χ1) is 11.7. The smallest absolute Gasteiger partial charge is 0.414 e. The maximum atomic E-state index is 12.1. The number of benzene rings is 1. The average molecular weight is 364 g/mol. The average Bonchev–Trinajstić information content (AvgIpc) is 2.94. The molecule has 1 aromatic carbocycles. The van der Waals surface area contributed by atoms with Crippen LogP contribution in [0.5, 0.6) is 0 Å². The van der Waals surface area contributed by atoms with Crippen molar-refractivity contribution in [1.29, 1.82) is 0 Å². The van der Waals surface area contributed by atoms with Crippen LogP contribution in [-0.4, -0.2) is 38.4 Å². The van der Waals surface area contributed by atoms with Crippen LogP contribution < -0.4 is 4.80 Å². The van der Waals surface area contributed by atoms with Gasteiger partial charge in [0, 0.05) is 24.1 Å². The quantitative estimate of drug-likeness (QED) is 0.625. The second-order valence-corrected chi connectivity index (χ2v) is 5.72. The molecule has 1 amide bonds. The van der Waals surface area contributed by atoms with E-state index in [2.05, 4.69) is 4.99 Å². The van der Waals surface area contributed by atoms with Gasteiger partial charge >= 0.3 is 11.9 Å². The number of hydrogen-bond donors (Lipinski definition) is 2. The first-order valence-electron chi connectivity index (χ1n) is 6.96. The minimum Gasteiger partial charge on any atom is -0.473 e. The van der Waals surface area contributed by atoms with Crippen LogP contribution >= 0.6 is 11.3 Å². The Hall–Kier alpha value is -3.07. The monoisotopic (exact) mass is 364 g/mol. The molecule has 0 atom stereocenters. The largest absolute Gasteiger partial charge is 0.473 e. The molecule has 25 heavy (non-hydrogen) atoms. The molecule has 0 fully saturated rings. The van der Waals surface area contributed by atoms with Crippen molar-refractivity contribution in [2.45, 2.75) is 20.4 Å². The minimum absolute atomic E-state index is 0.00315. The van der Waals surface area contributed by atoms with Crippen molar-refractivity contribution in [2.24, 2.45) is 4.99 Å². The summed E-state index contributed by atoms with van der Waals surface area (Å²) in [6.45, 7) is 3.57. The molecule has 8 nitrogen and oxygen atoms in total. The molecule has 0 aliphatic carbocycles. The number of aromatic nitrogens is 1. The Morgan fingerprint density at radius 2 is 1.64 bits per heavy atom. The number of thiazole rings is 1. The van der Waals surface area contributed by atoms with Crippen LogP contribution in [0.25, 0.3) is 0 Å². The fourth-order valence-electron chi connectivity index (χ4n) is 1.63. The second-order valence-electron chi connectivity index (χ2n) is 4.84. The highest BCUT2D eigenvalue weighted by Crippen LogP contribution is 2.05. The van der Waals surface area contributed by atoms with Crippen LogP contribution in [0.15, 0.2) is 40.8 Å². The Morgan fingerprint density at radius 1 is 1.08 bits per heavy atom. The zero-order valence-corrected chi connectivity index (χ0v) is 14.3. The summed E-state index contributed by atoms with van der Waals surface area (Å²) < 4.78 is 1.69. The molecule has 0 unspecified atom stereocenters. The van der Waals surface area contributed by atoms with Crippen molar-refractivity contribution in [3.8, 4) is 0 Å². The van der Waals surface area contributed by atoms with Gasteiger partial charge in [0.1, 0.15) is 0 Å². The predicted octanol–water partition coefficient (Wildman–Crippen LogP) is 1.34. The lowest BCUT2D eigenvalue weighted by Crippen LogP contribution is -2.20. The van der Waals surface area contributed by atoms with Crippen LogP contribution in [-0.2, 0) is 20.9 Å². The van der Waals surface area contributed by atoms with Crippen molar-refractivity contribution < 1.29 is 29.4 Å². The molecule has 0 saturated carbocycles. The number of carbonyl (C=O) groups is 4. The van der Waals surface area contributed by atoms with Gasteiger partial charge in [-0.15, -0.1) is 11.3 Å². The molecule has 0 aliphatic rings. The van der Waals surface area contributed by atoms with Crippen molar-refractivity contribution in [1.82, 2.24) is 4.57 Å². The molecule has 1 aromatic heterocycles. The van der Waals surface area contributed by atoms with Crippen LogP contribution in [0.1, 0.15) is 22.8 Å². The molecular weight excluding hydrogens is 348 g/mol. The molecule has 0 aliphatic heterocycles. The highest BCUT2D eigenvalue weighted by Gasteiger charge is 2.07. The number of carboxylic acids is 2. The molecular formula is C16H16N2O6S. The highest BCUT2D eigenvalue weighted by atomic mass is 32.1. The Bertz CT molecular complexity index is 836. The molecule has 2 aromatic rings. The fourth-order valence-corrected chi connectivity index (χ4v) is 2.40. The molecule has 132 valence electrons. The standard InChI is InChI=1S/C14H14N2O2S.C2H2O4/c1-10-3-5-12(6-4-10)13(18)9-16-7-8-19-14(16)15-11(2)17;3-1(4)2(5)6/h3-8H,9H2,1-2H3;(H,3,4)(H,5,6). The third kappa shape index (κ3) is 6.92. The molecule has 9 heteroatoms. The lowest BCUT2D eigenvalue weighted by molar-refractivity contribution is -0.159. The minimum atomic E-state index is -1.82. The molecule has 2 N–H and O–H groups in total. The summed E-state index contributed by atoms with van der Waals surface area (Å²) in [5, 5.41) is 16.6. The highest BCUT2D eigenvalue weighted by molar-refractivity contribution is 7.07. The van der Waals surface area contributed by atoms with E-state index in [1.165, 1.54) is 18.3 Å². The number of rotatable bonds is 3. The van der Waals surface area contributed by atoms with Crippen molar-refractivity contribution in [3.05, 3.63) is 51.8 Å². The summed E-state index contributed by atoms with van der Waals surface area (Å²) in [4.78, 5) is 45.7. The van der Waals surface area contributed by atoms with Crippen molar-refractivity contribution >= 4 is 35.0 Å². The lowest BCUT2D eigenvalue weighted by Gasteiger charge is -2.03. The Morgan fingerprint density at radius 3 is 2.12 bits per heavy atom. The van der Waals surface area contributed by atoms with E-state index in [1.54, 1.807) is 10.8 Å². The molecule has 2 rings (SSSR count). The maximum absolute atomic E-state index is 12.1. The van der Waals surface area contributed by atoms with Gasteiger partial charge in [-0.3, -0.25) is 9.59 Å². The van der Waals surface area contributed by atoms with E-state index in [0.717, 1.165) is 5.56 Å². The van der Waals surface area contributed by atoms with Gasteiger partial charge in [-0.2, -0.15) is 4.99 Å². The van der Waals surface area contributed by atoms with Gasteiger partial charge in [0.05, 0.1) is 6.54 Å². The number of nitrogens with zero attached hydrogens (tertiary/aromatic N) is 2. The third-order valence-corrected chi connectivity index (χ3v) is 3.58. The van der Waals surface area contributed by atoms with Gasteiger partial charge in [0.15, 0.2) is 10.6 Å². The molecule has 0 saturated heterocycles. The maximum Gasteiger partial charge on any atom is 0.414 e. The predicted molar refractivity (Wildman–Crippen MR) is 89.3 cm³/mol. The summed E-state index contributed by atoms with van der Waals surface area (Å²) in [7, 11) is 0. The van der Waals surface area contributed by atoms with Gasteiger partial charge in [0.25, 0.3) is 0 Å². The van der Waals surface area contributed by atoms with Crippen molar-refractivity contribution in [3.63, 3.8) is 0 Å². The van der Waals surface area contributed by atoms with Crippen LogP contribution in [0.2, 0.25) is 0 Å². The van der Waals surface area contributed by atoms with Crippen LogP contribution in [0.4, 0.5) is 0 Å². The first kappa shape index (κ1) is 20.0. The molecule has 0 radical (unpaired) electrons. The second kappa shape index (κ2) is 9.28. The number of carbonyl (C=O) groups excluding carboxylic acids is 2. The van der Waals surface area contributed by atoms with Crippen LogP contribution in [0.3, 0.4) is 0 Å². The normalized spacial score (nSPS) is 10.6. The van der Waals surface area contributed by atoms with Gasteiger partial charge in [-0.05, 0) is 6.92 Å². The van der Waals surface area contributed by atoms with E-state index >= 15 is 0 Å². The van der Waals surface area contributed by atoms with E-state index in [9.17, 15) is 9.59 Å². The summed E-state index contributed by atoms with van der Waals surface area (Å²) >= 11 is 1.34. The summed E-state index contributed by atoms with van der Waals surface area (Å²) in [6.07, 6.45) is 1.76. The fraction of sp³-hybridized carbons (Fsp3) is 0.188. The number of aryl methyl sites for hydroxylation is 1. The molecule has 0 spiro atoms. The summed E-state index contributed by atoms with van der Waals surface area (Å²) in [5.74, 6) is -3.91. The number of ketones is 1. The Balaban J connectivity index is 0.000000450. The SMILES string of the molecule is CC(=O)N=c1sccn1CC(=O)c1ccc(C)cc1.O=C(O)C(=O)O. The molecule has 0 bridgehead atoms. The summed E-state index contributed by atoms with van der Waals surface area (Å²) in [5.41, 5.74) is 1.78. The van der Waals surface area contributed by atoms with Gasteiger partial charge in [-0.1, -0.05) is 29.8 Å². The van der Waals surface area contributed by atoms with E-state index in [4.69, 9.17) is 19.8 Å². The third-order valence-electron chi connectivity index (χ3n) is 2.78. The van der Waals surface area contributed by atoms with E-state index in [1.807, 2.05) is 36.6 Å². The van der Waals surface area contributed by atoms with E-state index < -0.39 is 11.9 Å². The van der Waals surface area contributed by atoms with Gasteiger partial charge in [-0.25, -0.2) is 9.59 Å². The van der Waals surface area contributed by atoms with Gasteiger partial charge in [0.2, 0.25) is 5.91 Å². The zero-order chi connectivity index (χ0) is 19.0. The zero-order valence-electron chi connectivity index (χ0n) is 13.5. The number of amides is 1.